The predicted molar refractivity (Wildman–Crippen MR) is 137 cm³/mol. The van der Waals surface area contributed by atoms with Crippen molar-refractivity contribution in [1.82, 2.24) is 19.4 Å². The first-order valence-corrected chi connectivity index (χ1v) is 12.4. The number of esters is 1. The van der Waals surface area contributed by atoms with Crippen LogP contribution in [-0.4, -0.2) is 70.8 Å². The summed E-state index contributed by atoms with van der Waals surface area (Å²) in [5, 5.41) is 2.78. The summed E-state index contributed by atoms with van der Waals surface area (Å²) in [6, 6.07) is 13.1. The molecule has 0 saturated carbocycles. The van der Waals surface area contributed by atoms with Gasteiger partial charge in [-0.05, 0) is 37.6 Å². The zero-order valence-electron chi connectivity index (χ0n) is 20.6. The number of morpholine rings is 1. The fourth-order valence-electron chi connectivity index (χ4n) is 4.54. The first kappa shape index (κ1) is 24.8. The highest BCUT2D eigenvalue weighted by molar-refractivity contribution is 6.13. The lowest BCUT2D eigenvalue weighted by Gasteiger charge is -2.26. The van der Waals surface area contributed by atoms with Gasteiger partial charge in [-0.25, -0.2) is 19.2 Å². The Morgan fingerprint density at radius 3 is 2.46 bits per heavy atom. The molecular weight excluding hydrogens is 477 g/mol. The first-order valence-electron chi connectivity index (χ1n) is 12.4. The number of amides is 1. The minimum Gasteiger partial charge on any atom is -0.462 e. The Kier molecular flexibility index (Phi) is 7.38. The molecule has 37 heavy (non-hydrogen) atoms. The van der Waals surface area contributed by atoms with Crippen LogP contribution in [0.3, 0.4) is 0 Å². The number of rotatable bonds is 8. The topological polar surface area (TPSA) is 98.6 Å². The molecule has 3 heterocycles. The van der Waals surface area contributed by atoms with Crippen molar-refractivity contribution in [3.63, 3.8) is 0 Å². The Balaban J connectivity index is 1.61. The van der Waals surface area contributed by atoms with E-state index in [1.165, 1.54) is 18.2 Å². The number of nitrogens with zero attached hydrogens (tertiary/aromatic N) is 4. The van der Waals surface area contributed by atoms with E-state index < -0.39 is 17.7 Å². The van der Waals surface area contributed by atoms with Gasteiger partial charge in [-0.2, -0.15) is 0 Å². The molecule has 1 saturated heterocycles. The molecule has 0 unspecified atom stereocenters. The van der Waals surface area contributed by atoms with E-state index in [9.17, 15) is 14.0 Å². The lowest BCUT2D eigenvalue weighted by Crippen LogP contribution is -2.37. The summed E-state index contributed by atoms with van der Waals surface area (Å²) < 4.78 is 27.0. The first-order chi connectivity index (χ1) is 18.1. The van der Waals surface area contributed by atoms with Crippen molar-refractivity contribution >= 4 is 39.9 Å². The third kappa shape index (κ3) is 5.16. The lowest BCUT2D eigenvalue weighted by atomic mass is 10.2. The van der Waals surface area contributed by atoms with Crippen LogP contribution in [0.1, 0.15) is 34.1 Å². The summed E-state index contributed by atoms with van der Waals surface area (Å²) >= 11 is 0. The number of nitrogens with one attached hydrogen (secondary N) is 1. The van der Waals surface area contributed by atoms with E-state index in [-0.39, 0.29) is 23.6 Å². The summed E-state index contributed by atoms with van der Waals surface area (Å²) in [4.78, 5) is 38.2. The van der Waals surface area contributed by atoms with Crippen LogP contribution < -0.4 is 5.32 Å². The Morgan fingerprint density at radius 1 is 1.03 bits per heavy atom. The largest absolute Gasteiger partial charge is 0.462 e. The average Bonchev–Trinajstić information content (AvgIpc) is 3.20. The van der Waals surface area contributed by atoms with E-state index >= 15 is 0 Å². The highest BCUT2D eigenvalue weighted by Crippen LogP contribution is 2.31. The van der Waals surface area contributed by atoms with E-state index in [0.29, 0.717) is 42.0 Å². The Bertz CT molecular complexity index is 1450. The second-order valence-electron chi connectivity index (χ2n) is 8.72. The molecule has 192 valence electrons. The normalized spacial score (nSPS) is 14.2. The average molecular weight is 506 g/mol. The highest BCUT2D eigenvalue weighted by Gasteiger charge is 2.28. The maximum absolute atomic E-state index is 14.4. The van der Waals surface area contributed by atoms with Gasteiger partial charge in [0.2, 0.25) is 0 Å². The van der Waals surface area contributed by atoms with E-state index in [4.69, 9.17) is 19.4 Å². The maximum Gasteiger partial charge on any atom is 0.344 e. The molecule has 1 N–H and O–H groups in total. The molecule has 1 fully saturated rings. The van der Waals surface area contributed by atoms with E-state index in [0.717, 1.165) is 26.1 Å². The number of hydrogen-bond acceptors (Lipinski definition) is 7. The number of para-hydroxylation sites is 2. The van der Waals surface area contributed by atoms with Crippen LogP contribution in [-0.2, 0) is 16.0 Å². The van der Waals surface area contributed by atoms with Crippen molar-refractivity contribution < 1.29 is 23.5 Å². The number of ether oxygens (including phenoxy) is 2. The molecule has 0 bridgehead atoms. The lowest BCUT2D eigenvalue weighted by molar-refractivity contribution is 0.0369. The fraction of sp³-hybridized carbons (Fsp3) is 0.333. The minimum absolute atomic E-state index is 0.103. The molecule has 4 aromatic rings. The number of aromatic nitrogens is 3. The smallest absolute Gasteiger partial charge is 0.344 e. The van der Waals surface area contributed by atoms with Gasteiger partial charge in [-0.15, -0.1) is 0 Å². The van der Waals surface area contributed by atoms with Gasteiger partial charge in [0, 0.05) is 26.2 Å². The molecule has 1 amide bonds. The van der Waals surface area contributed by atoms with Gasteiger partial charge in [0.15, 0.2) is 5.65 Å². The third-order valence-electron chi connectivity index (χ3n) is 6.34. The Labute approximate surface area is 213 Å². The monoisotopic (exact) mass is 505 g/mol. The summed E-state index contributed by atoms with van der Waals surface area (Å²) in [5.41, 5.74) is 2.02. The molecule has 0 aliphatic carbocycles. The number of hydrogen-bond donors (Lipinski definition) is 1. The number of anilines is 1. The quantitative estimate of drug-likeness (QED) is 0.363. The summed E-state index contributed by atoms with van der Waals surface area (Å²) in [6.45, 7) is 6.19. The van der Waals surface area contributed by atoms with E-state index in [1.54, 1.807) is 17.6 Å². The van der Waals surface area contributed by atoms with Gasteiger partial charge in [0.05, 0.1) is 36.4 Å². The molecule has 9 nitrogen and oxygen atoms in total. The number of halogens is 1. The molecule has 1 aliphatic heterocycles. The molecule has 10 heteroatoms. The summed E-state index contributed by atoms with van der Waals surface area (Å²) in [6.07, 6.45) is 0.725. The number of fused-ring (bicyclic) bond motifs is 2. The molecule has 1 aliphatic rings. The van der Waals surface area contributed by atoms with Crippen LogP contribution in [0.2, 0.25) is 0 Å². The fourth-order valence-corrected chi connectivity index (χ4v) is 4.54. The van der Waals surface area contributed by atoms with Gasteiger partial charge in [0.1, 0.15) is 22.7 Å². The Morgan fingerprint density at radius 2 is 1.73 bits per heavy atom. The number of carbonyl (C=O) groups is 2. The van der Waals surface area contributed by atoms with Crippen LogP contribution in [0.4, 0.5) is 10.2 Å². The van der Waals surface area contributed by atoms with Crippen molar-refractivity contribution in [2.75, 3.05) is 44.8 Å². The molecule has 2 aromatic heterocycles. The van der Waals surface area contributed by atoms with Crippen molar-refractivity contribution in [2.45, 2.75) is 19.9 Å². The molecule has 5 rings (SSSR count). The minimum atomic E-state index is -0.676. The number of aryl methyl sites for hydroxylation is 1. The SMILES string of the molecule is CCOC(=O)c1c(NC(=O)c2ccccc2F)n(CCCN2CCOCC2)c2nc3ccccc3nc12. The van der Waals surface area contributed by atoms with Crippen LogP contribution in [0.25, 0.3) is 22.2 Å². The van der Waals surface area contributed by atoms with Gasteiger partial charge in [-0.1, -0.05) is 24.3 Å². The molecular formula is C27H28FN5O4. The third-order valence-corrected chi connectivity index (χ3v) is 6.34. The zero-order chi connectivity index (χ0) is 25.8. The Hall–Kier alpha value is -3.89. The van der Waals surface area contributed by atoms with Crippen LogP contribution in [0.15, 0.2) is 48.5 Å². The molecule has 0 radical (unpaired) electrons. The van der Waals surface area contributed by atoms with Crippen LogP contribution >= 0.6 is 0 Å². The van der Waals surface area contributed by atoms with E-state index in [1.807, 2.05) is 24.3 Å². The van der Waals surface area contributed by atoms with Crippen molar-refractivity contribution in [2.24, 2.45) is 0 Å². The second-order valence-corrected chi connectivity index (χ2v) is 8.72. The van der Waals surface area contributed by atoms with E-state index in [2.05, 4.69) is 10.2 Å². The maximum atomic E-state index is 14.4. The van der Waals surface area contributed by atoms with Crippen molar-refractivity contribution in [3.8, 4) is 0 Å². The van der Waals surface area contributed by atoms with Crippen LogP contribution in [0, 0.1) is 5.82 Å². The summed E-state index contributed by atoms with van der Waals surface area (Å²) in [7, 11) is 0. The second kappa shape index (κ2) is 11.0. The van der Waals surface area contributed by atoms with Gasteiger partial charge in [-0.3, -0.25) is 9.69 Å². The zero-order valence-corrected chi connectivity index (χ0v) is 20.6. The molecule has 2 aromatic carbocycles. The number of benzene rings is 2. The van der Waals surface area contributed by atoms with Gasteiger partial charge < -0.3 is 19.4 Å². The van der Waals surface area contributed by atoms with Crippen molar-refractivity contribution in [3.05, 3.63) is 65.5 Å². The number of carbonyl (C=O) groups excluding carboxylic acids is 2. The highest BCUT2D eigenvalue weighted by atomic mass is 19.1. The van der Waals surface area contributed by atoms with Crippen LogP contribution in [0.5, 0.6) is 0 Å². The van der Waals surface area contributed by atoms with Gasteiger partial charge >= 0.3 is 5.97 Å². The predicted octanol–water partition coefficient (Wildman–Crippen LogP) is 3.87. The molecule has 0 atom stereocenters. The molecule has 0 spiro atoms. The standard InChI is InChI=1S/C27H28FN5O4/c1-2-37-27(35)22-23-25(30-21-11-6-5-10-20(21)29-23)33(13-7-12-32-14-16-36-17-15-32)24(22)31-26(34)18-8-3-4-9-19(18)28/h3-6,8-11H,2,7,12-17H2,1H3,(H,31,34). The van der Waals surface area contributed by atoms with Gasteiger partial charge in [0.25, 0.3) is 5.91 Å². The summed E-state index contributed by atoms with van der Waals surface area (Å²) in [5.74, 6) is -1.77. The van der Waals surface area contributed by atoms with Crippen molar-refractivity contribution in [1.29, 1.82) is 0 Å².